The van der Waals surface area contributed by atoms with E-state index in [9.17, 15) is 9.90 Å². The van der Waals surface area contributed by atoms with Gasteiger partial charge in [-0.15, -0.1) is 0 Å². The third-order valence-electron chi connectivity index (χ3n) is 3.26. The molecule has 1 unspecified atom stereocenters. The van der Waals surface area contributed by atoms with Crippen LogP contribution >= 0.6 is 0 Å². The Morgan fingerprint density at radius 1 is 1.60 bits per heavy atom. The number of ether oxygens (including phenoxy) is 1. The highest BCUT2D eigenvalue weighted by molar-refractivity contribution is 5.70. The van der Waals surface area contributed by atoms with Crippen molar-refractivity contribution in [1.82, 2.24) is 19.5 Å². The average molecular weight is 279 g/mol. The Kier molecular flexibility index (Phi) is 2.82. The monoisotopic (exact) mass is 279 g/mol. The van der Waals surface area contributed by atoms with Crippen LogP contribution < -0.4 is 11.3 Å². The minimum absolute atomic E-state index is 0.0609. The number of nitrogens with one attached hydrogen (secondary N) is 1. The topological polar surface area (TPSA) is 139 Å². The Balaban J connectivity index is 2.12. The van der Waals surface area contributed by atoms with Crippen molar-refractivity contribution in [3.8, 4) is 0 Å². The van der Waals surface area contributed by atoms with Crippen LogP contribution in [-0.4, -0.2) is 48.5 Å². The molecular weight excluding hydrogens is 266 g/mol. The van der Waals surface area contributed by atoms with E-state index < -0.39 is 24.0 Å². The molecule has 9 heteroatoms. The molecule has 1 aliphatic heterocycles. The second-order valence-corrected chi connectivity index (χ2v) is 4.49. The number of aromatic amines is 1. The number of aliphatic hydroxyl groups is 2. The number of nitrogen functional groups attached to an aromatic ring is 1. The molecule has 1 saturated heterocycles. The van der Waals surface area contributed by atoms with E-state index in [4.69, 9.17) is 15.6 Å². The summed E-state index contributed by atoms with van der Waals surface area (Å²) < 4.78 is 6.89. The summed E-state index contributed by atoms with van der Waals surface area (Å²) >= 11 is 0. The Bertz CT molecular complexity index is 736. The number of hydrogen-bond donors (Lipinski definition) is 4. The Morgan fingerprint density at radius 2 is 2.35 bits per heavy atom. The van der Waals surface area contributed by atoms with E-state index >= 15 is 0 Å². The minimum Gasteiger partial charge on any atom is -0.393 e. The van der Waals surface area contributed by atoms with Crippen LogP contribution in [-0.2, 0) is 4.74 Å². The molecule has 1 fully saturated rings. The van der Waals surface area contributed by atoms with Gasteiger partial charge in [0, 0.05) is 0 Å². The first-order valence-corrected chi connectivity index (χ1v) is 5.88. The molecule has 9 nitrogen and oxygen atoms in total. The highest BCUT2D eigenvalue weighted by Crippen LogP contribution is 2.33. The fraction of sp³-hybridized carbons (Fsp3) is 0.364. The number of fused-ring (bicyclic) bond motifs is 1. The van der Waals surface area contributed by atoms with Crippen LogP contribution in [0.15, 0.2) is 23.3 Å². The first-order chi connectivity index (χ1) is 9.52. The van der Waals surface area contributed by atoms with Gasteiger partial charge in [-0.1, -0.05) is 6.58 Å². The molecule has 0 amide bonds. The van der Waals surface area contributed by atoms with Gasteiger partial charge in [0.05, 0.1) is 12.9 Å². The van der Waals surface area contributed by atoms with Crippen LogP contribution in [0.25, 0.3) is 11.2 Å². The first kappa shape index (κ1) is 12.8. The summed E-state index contributed by atoms with van der Waals surface area (Å²) in [5.74, 6) is -0.0609. The lowest BCUT2D eigenvalue weighted by atomic mass is 10.1. The molecule has 2 aromatic rings. The van der Waals surface area contributed by atoms with E-state index in [1.54, 1.807) is 0 Å². The van der Waals surface area contributed by atoms with Crippen molar-refractivity contribution in [2.45, 2.75) is 18.4 Å². The summed E-state index contributed by atoms with van der Waals surface area (Å²) in [4.78, 5) is 21.9. The van der Waals surface area contributed by atoms with E-state index in [0.717, 1.165) is 0 Å². The van der Waals surface area contributed by atoms with Crippen molar-refractivity contribution in [3.63, 3.8) is 0 Å². The molecule has 0 saturated carbocycles. The van der Waals surface area contributed by atoms with Crippen molar-refractivity contribution in [2.75, 3.05) is 12.3 Å². The van der Waals surface area contributed by atoms with Crippen LogP contribution in [0.3, 0.4) is 0 Å². The van der Waals surface area contributed by atoms with Gasteiger partial charge in [0.2, 0.25) is 5.95 Å². The van der Waals surface area contributed by atoms with Crippen molar-refractivity contribution >= 4 is 17.1 Å². The normalized spacial score (nSPS) is 26.5. The van der Waals surface area contributed by atoms with E-state index in [0.29, 0.717) is 5.57 Å². The summed E-state index contributed by atoms with van der Waals surface area (Å²) in [6.07, 6.45) is -1.25. The molecular formula is C11H13N5O4. The number of aromatic nitrogens is 4. The van der Waals surface area contributed by atoms with Crippen molar-refractivity contribution < 1.29 is 14.9 Å². The SMILES string of the molecule is C=C1C(O)[C@H](n2cnc3c(=O)[nH]c(N)nc32)O[C@@H]1CO. The van der Waals surface area contributed by atoms with E-state index in [1.165, 1.54) is 10.9 Å². The number of H-pyrrole nitrogens is 1. The van der Waals surface area contributed by atoms with Gasteiger partial charge in [0.25, 0.3) is 5.56 Å². The largest absolute Gasteiger partial charge is 0.393 e. The maximum atomic E-state index is 11.7. The van der Waals surface area contributed by atoms with Gasteiger partial charge in [0.15, 0.2) is 17.4 Å². The van der Waals surface area contributed by atoms with E-state index in [-0.39, 0.29) is 23.7 Å². The molecule has 0 bridgehead atoms. The number of nitrogens with zero attached hydrogens (tertiary/aromatic N) is 3. The molecule has 2 aromatic heterocycles. The highest BCUT2D eigenvalue weighted by atomic mass is 16.5. The first-order valence-electron chi connectivity index (χ1n) is 5.88. The van der Waals surface area contributed by atoms with Crippen LogP contribution in [0, 0.1) is 0 Å². The van der Waals surface area contributed by atoms with Crippen molar-refractivity contribution in [3.05, 3.63) is 28.8 Å². The molecule has 0 aromatic carbocycles. The maximum Gasteiger partial charge on any atom is 0.280 e. The minimum atomic E-state index is -1.04. The van der Waals surface area contributed by atoms with Gasteiger partial charge >= 0.3 is 0 Å². The van der Waals surface area contributed by atoms with Crippen molar-refractivity contribution in [2.24, 2.45) is 0 Å². The summed E-state index contributed by atoms with van der Waals surface area (Å²) in [6.45, 7) is 3.38. The summed E-state index contributed by atoms with van der Waals surface area (Å²) in [5, 5.41) is 19.3. The molecule has 0 aliphatic carbocycles. The summed E-state index contributed by atoms with van der Waals surface area (Å²) in [5.41, 5.74) is 5.67. The number of hydrogen-bond acceptors (Lipinski definition) is 7. The fourth-order valence-corrected chi connectivity index (χ4v) is 2.21. The predicted molar refractivity (Wildman–Crippen MR) is 68.7 cm³/mol. The zero-order valence-electron chi connectivity index (χ0n) is 10.4. The van der Waals surface area contributed by atoms with Crippen LogP contribution in [0.2, 0.25) is 0 Å². The maximum absolute atomic E-state index is 11.7. The third-order valence-corrected chi connectivity index (χ3v) is 3.26. The lowest BCUT2D eigenvalue weighted by Gasteiger charge is -2.15. The lowest BCUT2D eigenvalue weighted by molar-refractivity contribution is -0.0483. The molecule has 3 atom stereocenters. The van der Waals surface area contributed by atoms with Gasteiger partial charge in [-0.25, -0.2) is 4.98 Å². The van der Waals surface area contributed by atoms with Gasteiger partial charge < -0.3 is 20.7 Å². The molecule has 3 rings (SSSR count). The molecule has 0 spiro atoms. The molecule has 1 aliphatic rings. The van der Waals surface area contributed by atoms with Crippen LogP contribution in [0.4, 0.5) is 5.95 Å². The standard InChI is InChI=1S/C11H13N5O4/c1-4-5(2-17)20-10(7(4)18)16-3-13-6-8(16)14-11(12)15-9(6)19/h3,5,7,10,17-18H,1-2H2,(H3,12,14,15,19)/t5-,7?,10-/m1/s1. The Hall–Kier alpha value is -2.23. The fourth-order valence-electron chi connectivity index (χ4n) is 2.21. The molecule has 5 N–H and O–H groups in total. The lowest BCUT2D eigenvalue weighted by Crippen LogP contribution is -2.21. The van der Waals surface area contributed by atoms with Gasteiger partial charge in [0.1, 0.15) is 12.2 Å². The predicted octanol–water partition coefficient (Wildman–Crippen LogP) is -1.49. The zero-order chi connectivity index (χ0) is 14.4. The second-order valence-electron chi connectivity index (χ2n) is 4.49. The van der Waals surface area contributed by atoms with Gasteiger partial charge in [-0.05, 0) is 5.57 Å². The average Bonchev–Trinajstić information content (AvgIpc) is 2.93. The molecule has 3 heterocycles. The Morgan fingerprint density at radius 3 is 3.00 bits per heavy atom. The number of anilines is 1. The summed E-state index contributed by atoms with van der Waals surface area (Å²) in [7, 11) is 0. The van der Waals surface area contributed by atoms with E-state index in [1.807, 2.05) is 0 Å². The van der Waals surface area contributed by atoms with Crippen LogP contribution in [0.1, 0.15) is 6.23 Å². The third kappa shape index (κ3) is 1.72. The smallest absolute Gasteiger partial charge is 0.280 e. The second kappa shape index (κ2) is 4.40. The van der Waals surface area contributed by atoms with Gasteiger partial charge in [-0.2, -0.15) is 4.98 Å². The molecule has 0 radical (unpaired) electrons. The van der Waals surface area contributed by atoms with Gasteiger partial charge in [-0.3, -0.25) is 14.3 Å². The van der Waals surface area contributed by atoms with E-state index in [2.05, 4.69) is 21.5 Å². The molecule has 20 heavy (non-hydrogen) atoms. The number of rotatable bonds is 2. The number of aliphatic hydroxyl groups excluding tert-OH is 2. The highest BCUT2D eigenvalue weighted by Gasteiger charge is 2.39. The van der Waals surface area contributed by atoms with Crippen LogP contribution in [0.5, 0.6) is 0 Å². The van der Waals surface area contributed by atoms with Crippen molar-refractivity contribution in [1.29, 1.82) is 0 Å². The number of imidazole rings is 1. The molecule has 106 valence electrons. The quantitative estimate of drug-likeness (QED) is 0.491. The summed E-state index contributed by atoms with van der Waals surface area (Å²) in [6, 6.07) is 0. The number of nitrogens with two attached hydrogens (primary N) is 1. The Labute approximate surface area is 112 Å². The zero-order valence-corrected chi connectivity index (χ0v) is 10.4.